The van der Waals surface area contributed by atoms with Crippen LogP contribution in [-0.4, -0.2) is 90.0 Å². The summed E-state index contributed by atoms with van der Waals surface area (Å²) < 4.78 is 23.3. The molecule has 232 valence electrons. The molecule has 9 heteroatoms. The Hall–Kier alpha value is -3.97. The minimum Gasteiger partial charge on any atom is -0.508 e. The highest BCUT2D eigenvalue weighted by molar-refractivity contribution is 6.04. The number of hydrogen-bond donors (Lipinski definition) is 2. The number of nitrogens with zero attached hydrogens (tertiary/aromatic N) is 5. The Bertz CT molecular complexity index is 1820. The molecule has 3 aliphatic heterocycles. The third kappa shape index (κ3) is 5.35. The van der Waals surface area contributed by atoms with Crippen LogP contribution in [0.25, 0.3) is 32.8 Å². The number of nitrogens with one attached hydrogen (secondary N) is 1. The molecule has 0 spiro atoms. The average molecular weight is 607 g/mol. The second-order valence-corrected chi connectivity index (χ2v) is 13.7. The third-order valence-corrected chi connectivity index (χ3v) is 10.2. The van der Waals surface area contributed by atoms with Crippen LogP contribution in [0.1, 0.15) is 37.7 Å². The lowest BCUT2D eigenvalue weighted by atomic mass is 9.93. The van der Waals surface area contributed by atoms with Crippen molar-refractivity contribution < 1.29 is 14.2 Å². The third-order valence-electron chi connectivity index (χ3n) is 10.2. The summed E-state index contributed by atoms with van der Waals surface area (Å²) in [4.78, 5) is 16.8. The lowest BCUT2D eigenvalue weighted by Gasteiger charge is -2.35. The van der Waals surface area contributed by atoms with Gasteiger partial charge in [0.1, 0.15) is 17.1 Å². The molecule has 2 unspecified atom stereocenters. The fraction of sp³-hybridized carbons (Fsp3) is 0.444. The summed E-state index contributed by atoms with van der Waals surface area (Å²) in [6.07, 6.45) is 11.5. The zero-order valence-electron chi connectivity index (χ0n) is 25.7. The van der Waals surface area contributed by atoms with Crippen molar-refractivity contribution in [3.8, 4) is 35.2 Å². The van der Waals surface area contributed by atoms with Gasteiger partial charge in [0, 0.05) is 72.1 Å². The molecule has 1 saturated carbocycles. The van der Waals surface area contributed by atoms with E-state index in [-0.39, 0.29) is 22.7 Å². The second kappa shape index (κ2) is 11.1. The molecule has 1 aromatic heterocycles. The first-order valence-corrected chi connectivity index (χ1v) is 16.2. The van der Waals surface area contributed by atoms with Crippen LogP contribution in [0.5, 0.6) is 11.8 Å². The van der Waals surface area contributed by atoms with Crippen LogP contribution < -0.4 is 15.0 Å². The predicted molar refractivity (Wildman–Crippen MR) is 175 cm³/mol. The quantitative estimate of drug-likeness (QED) is 0.286. The maximum absolute atomic E-state index is 16.9. The SMILES string of the molecule is C#Cc1cccc2cc(O)cc(-c3ccc4c(N5CC6CCC(C5)N6)nc(OCC5(CN6CCCN(C)C6)CC5)nc4c3F)c12. The van der Waals surface area contributed by atoms with Gasteiger partial charge in [-0.3, -0.25) is 9.80 Å². The Morgan fingerprint density at radius 1 is 1.09 bits per heavy atom. The van der Waals surface area contributed by atoms with Crippen LogP contribution in [0.3, 0.4) is 0 Å². The minimum absolute atomic E-state index is 0.0458. The van der Waals surface area contributed by atoms with E-state index < -0.39 is 5.82 Å². The maximum Gasteiger partial charge on any atom is 0.319 e. The number of fused-ring (bicyclic) bond motifs is 4. The van der Waals surface area contributed by atoms with Gasteiger partial charge in [-0.2, -0.15) is 9.97 Å². The van der Waals surface area contributed by atoms with Gasteiger partial charge in [0.05, 0.1) is 13.3 Å². The molecular formula is C36H39FN6O2. The summed E-state index contributed by atoms with van der Waals surface area (Å²) in [5.41, 5.74) is 1.80. The molecule has 2 N–H and O–H groups in total. The average Bonchev–Trinajstić information content (AvgIpc) is 3.72. The number of aromatic nitrogens is 2. The number of phenolic OH excluding ortho intramolecular Hbond substituents is 1. The summed E-state index contributed by atoms with van der Waals surface area (Å²) in [5.74, 6) is 3.02. The van der Waals surface area contributed by atoms with Crippen LogP contribution >= 0.6 is 0 Å². The second-order valence-electron chi connectivity index (χ2n) is 13.7. The Kier molecular flexibility index (Phi) is 7.05. The molecule has 4 aromatic rings. The normalized spacial score (nSPS) is 23.0. The van der Waals surface area contributed by atoms with E-state index >= 15 is 4.39 Å². The van der Waals surface area contributed by atoms with E-state index in [4.69, 9.17) is 21.1 Å². The number of phenols is 1. The number of aromatic hydroxyl groups is 1. The molecule has 8 rings (SSSR count). The van der Waals surface area contributed by atoms with E-state index in [2.05, 4.69) is 33.0 Å². The van der Waals surface area contributed by atoms with E-state index in [0.717, 1.165) is 75.8 Å². The van der Waals surface area contributed by atoms with Crippen molar-refractivity contribution in [2.75, 3.05) is 57.9 Å². The van der Waals surface area contributed by atoms with Gasteiger partial charge < -0.3 is 20.1 Å². The van der Waals surface area contributed by atoms with E-state index in [1.165, 1.54) is 6.42 Å². The largest absolute Gasteiger partial charge is 0.508 e. The van der Waals surface area contributed by atoms with Crippen molar-refractivity contribution in [1.82, 2.24) is 25.1 Å². The molecule has 8 nitrogen and oxygen atoms in total. The summed E-state index contributed by atoms with van der Waals surface area (Å²) >= 11 is 0. The van der Waals surface area contributed by atoms with Gasteiger partial charge in [0.2, 0.25) is 0 Å². The highest BCUT2D eigenvalue weighted by atomic mass is 19.1. The number of piperazine rings is 1. The van der Waals surface area contributed by atoms with Gasteiger partial charge in [-0.25, -0.2) is 4.39 Å². The summed E-state index contributed by atoms with van der Waals surface area (Å²) in [5, 5.41) is 16.4. The molecule has 1 aliphatic carbocycles. The van der Waals surface area contributed by atoms with Crippen LogP contribution in [0.4, 0.5) is 10.2 Å². The van der Waals surface area contributed by atoms with Gasteiger partial charge >= 0.3 is 6.01 Å². The molecule has 2 atom stereocenters. The van der Waals surface area contributed by atoms with Crippen LogP contribution in [-0.2, 0) is 0 Å². The Balaban J connectivity index is 1.20. The van der Waals surface area contributed by atoms with Crippen LogP contribution in [0, 0.1) is 23.6 Å². The van der Waals surface area contributed by atoms with Crippen molar-refractivity contribution in [3.05, 3.63) is 53.8 Å². The standard InChI is InChI=1S/C36H39FN6O2/c1-3-23-6-4-7-24-16-27(44)17-30(31(23)24)28-10-11-29-33(32(28)37)39-35(40-34(29)43-18-25-8-9-26(19-43)38-25)45-21-36(12-13-36)20-42-15-5-14-41(2)22-42/h1,4,6-7,10-11,16-17,25-26,38,44H,5,8-9,12-15,18-22H2,2H3. The van der Waals surface area contributed by atoms with Crippen molar-refractivity contribution in [2.24, 2.45) is 5.41 Å². The number of hydrogen-bond acceptors (Lipinski definition) is 8. The zero-order chi connectivity index (χ0) is 30.7. The highest BCUT2D eigenvalue weighted by Gasteiger charge is 2.45. The maximum atomic E-state index is 16.9. The number of terminal acetylenes is 1. The predicted octanol–water partition coefficient (Wildman–Crippen LogP) is 4.97. The van der Waals surface area contributed by atoms with Crippen molar-refractivity contribution in [1.29, 1.82) is 0 Å². The van der Waals surface area contributed by atoms with Crippen LogP contribution in [0.15, 0.2) is 42.5 Å². The van der Waals surface area contributed by atoms with E-state index in [1.807, 2.05) is 24.3 Å². The fourth-order valence-corrected chi connectivity index (χ4v) is 7.75. The first-order chi connectivity index (χ1) is 21.9. The number of rotatable bonds is 7. The first-order valence-electron chi connectivity index (χ1n) is 16.2. The molecular weight excluding hydrogens is 567 g/mol. The van der Waals surface area contributed by atoms with Gasteiger partial charge in [-0.1, -0.05) is 24.1 Å². The van der Waals surface area contributed by atoms with Gasteiger partial charge in [0.25, 0.3) is 0 Å². The van der Waals surface area contributed by atoms with Crippen molar-refractivity contribution in [2.45, 2.75) is 44.2 Å². The van der Waals surface area contributed by atoms with E-state index in [1.54, 1.807) is 18.2 Å². The Labute approximate surface area is 263 Å². The monoisotopic (exact) mass is 606 g/mol. The minimum atomic E-state index is -0.477. The molecule has 3 saturated heterocycles. The van der Waals surface area contributed by atoms with Gasteiger partial charge in [0.15, 0.2) is 5.82 Å². The number of halogens is 1. The molecule has 4 fully saturated rings. The lowest BCUT2D eigenvalue weighted by Crippen LogP contribution is -2.51. The molecule has 4 heterocycles. The highest BCUT2D eigenvalue weighted by Crippen LogP contribution is 2.47. The first kappa shape index (κ1) is 28.5. The van der Waals surface area contributed by atoms with Gasteiger partial charge in [-0.05, 0) is 74.4 Å². The number of ether oxygens (including phenoxy) is 1. The summed E-state index contributed by atoms with van der Waals surface area (Å²) in [6, 6.07) is 13.4. The number of benzene rings is 3. The topological polar surface area (TPSA) is 77.0 Å². The molecule has 45 heavy (non-hydrogen) atoms. The Morgan fingerprint density at radius 3 is 2.67 bits per heavy atom. The smallest absolute Gasteiger partial charge is 0.319 e. The van der Waals surface area contributed by atoms with Crippen molar-refractivity contribution in [3.63, 3.8) is 0 Å². The molecule has 4 aliphatic rings. The lowest BCUT2D eigenvalue weighted by molar-refractivity contribution is 0.0728. The van der Waals surface area contributed by atoms with Gasteiger partial charge in [-0.15, -0.1) is 6.42 Å². The molecule has 0 radical (unpaired) electrons. The van der Waals surface area contributed by atoms with Crippen LogP contribution in [0.2, 0.25) is 0 Å². The molecule has 0 amide bonds. The van der Waals surface area contributed by atoms with E-state index in [0.29, 0.717) is 46.6 Å². The summed E-state index contributed by atoms with van der Waals surface area (Å²) in [6.45, 7) is 6.32. The zero-order valence-corrected chi connectivity index (χ0v) is 25.7. The Morgan fingerprint density at radius 2 is 1.91 bits per heavy atom. The van der Waals surface area contributed by atoms with E-state index in [9.17, 15) is 5.11 Å². The fourth-order valence-electron chi connectivity index (χ4n) is 7.75. The molecule has 3 aromatic carbocycles. The summed E-state index contributed by atoms with van der Waals surface area (Å²) in [7, 11) is 2.17. The number of anilines is 1. The van der Waals surface area contributed by atoms with Crippen molar-refractivity contribution >= 4 is 27.5 Å². The molecule has 2 bridgehead atoms.